The van der Waals surface area contributed by atoms with Gasteiger partial charge in [-0.15, -0.1) is 22.7 Å². The second kappa shape index (κ2) is 8.03. The van der Waals surface area contributed by atoms with Crippen molar-refractivity contribution in [2.45, 2.75) is 0 Å². The molecule has 0 saturated carbocycles. The first-order valence-electron chi connectivity index (χ1n) is 13.2. The van der Waals surface area contributed by atoms with Gasteiger partial charge in [-0.25, -0.2) is 0 Å². The average Bonchev–Trinajstić information content (AvgIpc) is 3.67. The van der Waals surface area contributed by atoms with E-state index >= 15 is 0 Å². The lowest BCUT2D eigenvalue weighted by molar-refractivity contribution is 1.19. The van der Waals surface area contributed by atoms with Crippen molar-refractivity contribution in [3.05, 3.63) is 127 Å². The van der Waals surface area contributed by atoms with Crippen molar-refractivity contribution in [1.29, 1.82) is 0 Å². The van der Waals surface area contributed by atoms with Crippen LogP contribution in [0.15, 0.2) is 127 Å². The highest BCUT2D eigenvalue weighted by Crippen LogP contribution is 2.49. The van der Waals surface area contributed by atoms with Crippen LogP contribution in [-0.2, 0) is 0 Å². The fourth-order valence-corrected chi connectivity index (χ4v) is 8.84. The van der Waals surface area contributed by atoms with E-state index in [1.807, 2.05) is 22.7 Å². The van der Waals surface area contributed by atoms with Crippen molar-refractivity contribution in [1.82, 2.24) is 4.57 Å². The molecule has 0 saturated heterocycles. The number of hydrogen-bond acceptors (Lipinski definition) is 2. The summed E-state index contributed by atoms with van der Waals surface area (Å²) in [6.07, 6.45) is 0. The van der Waals surface area contributed by atoms with E-state index in [1.54, 1.807) is 0 Å². The van der Waals surface area contributed by atoms with Gasteiger partial charge in [0.2, 0.25) is 0 Å². The SMILES string of the molecule is c1ccc(-n2c3ccccc3c3cc(-c4cccc5c4sc4ccccc45)c4c5ccccc5sc4c32)cc1. The average molecular weight is 532 g/mol. The molecule has 9 aromatic rings. The number of aromatic nitrogens is 1. The molecule has 0 aliphatic heterocycles. The van der Waals surface area contributed by atoms with Gasteiger partial charge in [-0.05, 0) is 42.0 Å². The lowest BCUT2D eigenvalue weighted by atomic mass is 9.95. The Labute approximate surface area is 232 Å². The normalized spacial score (nSPS) is 12.1. The van der Waals surface area contributed by atoms with Crippen molar-refractivity contribution < 1.29 is 0 Å². The van der Waals surface area contributed by atoms with Gasteiger partial charge in [0, 0.05) is 57.7 Å². The topological polar surface area (TPSA) is 4.93 Å². The van der Waals surface area contributed by atoms with Crippen LogP contribution in [0.2, 0.25) is 0 Å². The zero-order valence-corrected chi connectivity index (χ0v) is 22.5. The monoisotopic (exact) mass is 531 g/mol. The Morgan fingerprint density at radius 3 is 1.92 bits per heavy atom. The Bertz CT molecular complexity index is 2390. The van der Waals surface area contributed by atoms with Crippen LogP contribution in [0.25, 0.3) is 79.0 Å². The molecular weight excluding hydrogens is 511 g/mol. The summed E-state index contributed by atoms with van der Waals surface area (Å²) in [7, 11) is 0. The van der Waals surface area contributed by atoms with Crippen LogP contribution in [0, 0.1) is 0 Å². The zero-order valence-electron chi connectivity index (χ0n) is 20.9. The summed E-state index contributed by atoms with van der Waals surface area (Å²) in [5.74, 6) is 0. The first kappa shape index (κ1) is 21.5. The van der Waals surface area contributed by atoms with Crippen molar-refractivity contribution in [2.24, 2.45) is 0 Å². The van der Waals surface area contributed by atoms with Crippen molar-refractivity contribution in [3.8, 4) is 16.8 Å². The van der Waals surface area contributed by atoms with Crippen LogP contribution in [0.4, 0.5) is 0 Å². The maximum Gasteiger partial charge on any atom is 0.0720 e. The Morgan fingerprint density at radius 1 is 0.436 bits per heavy atom. The summed E-state index contributed by atoms with van der Waals surface area (Å²) in [6, 6.07) is 46.6. The molecule has 1 nitrogen and oxygen atoms in total. The lowest BCUT2D eigenvalue weighted by Gasteiger charge is -2.11. The predicted molar refractivity (Wildman–Crippen MR) is 172 cm³/mol. The van der Waals surface area contributed by atoms with E-state index in [0.717, 1.165) is 0 Å². The summed E-state index contributed by atoms with van der Waals surface area (Å²) in [5.41, 5.74) is 6.38. The van der Waals surface area contributed by atoms with Gasteiger partial charge in [-0.3, -0.25) is 0 Å². The predicted octanol–water partition coefficient (Wildman–Crippen LogP) is 11.2. The number of thiophene rings is 2. The molecule has 3 heteroatoms. The third-order valence-corrected chi connectivity index (χ3v) is 10.4. The number of para-hydroxylation sites is 2. The minimum atomic E-state index is 1.20. The molecule has 39 heavy (non-hydrogen) atoms. The molecule has 0 aliphatic carbocycles. The molecule has 3 aromatic heterocycles. The van der Waals surface area contributed by atoms with E-state index in [2.05, 4.69) is 132 Å². The molecule has 6 aromatic carbocycles. The van der Waals surface area contributed by atoms with E-state index in [1.165, 1.54) is 79.0 Å². The van der Waals surface area contributed by atoms with Crippen molar-refractivity contribution in [3.63, 3.8) is 0 Å². The van der Waals surface area contributed by atoms with E-state index < -0.39 is 0 Å². The second-order valence-electron chi connectivity index (χ2n) is 10.1. The Hall–Kier alpha value is -4.44. The van der Waals surface area contributed by atoms with Crippen LogP contribution in [0.1, 0.15) is 0 Å². The molecule has 0 aliphatic rings. The molecule has 0 spiro atoms. The molecule has 0 amide bonds. The highest BCUT2D eigenvalue weighted by atomic mass is 32.1. The highest BCUT2D eigenvalue weighted by molar-refractivity contribution is 7.27. The Morgan fingerprint density at radius 2 is 1.08 bits per heavy atom. The quantitative estimate of drug-likeness (QED) is 0.209. The van der Waals surface area contributed by atoms with Gasteiger partial charge < -0.3 is 4.57 Å². The van der Waals surface area contributed by atoms with Gasteiger partial charge in [0.25, 0.3) is 0 Å². The third kappa shape index (κ3) is 2.94. The minimum Gasteiger partial charge on any atom is -0.308 e. The molecule has 182 valence electrons. The van der Waals surface area contributed by atoms with Gasteiger partial charge >= 0.3 is 0 Å². The largest absolute Gasteiger partial charge is 0.308 e. The molecule has 0 atom stereocenters. The van der Waals surface area contributed by atoms with E-state index in [-0.39, 0.29) is 0 Å². The number of benzene rings is 6. The smallest absolute Gasteiger partial charge is 0.0720 e. The number of fused-ring (bicyclic) bond motifs is 10. The standard InChI is InChI=1S/C36H21NS2/c1-2-11-22(12-3-1)37-30-18-7-4-13-23(30)29-21-28(33-27-15-6-9-20-32(27)39-36(33)34(29)37)26-17-10-16-25-24-14-5-8-19-31(24)38-35(25)26/h1-21H. The number of hydrogen-bond donors (Lipinski definition) is 0. The van der Waals surface area contributed by atoms with E-state index in [4.69, 9.17) is 0 Å². The summed E-state index contributed by atoms with van der Waals surface area (Å²) in [5, 5.41) is 7.97. The summed E-state index contributed by atoms with van der Waals surface area (Å²) < 4.78 is 7.85. The summed E-state index contributed by atoms with van der Waals surface area (Å²) in [6.45, 7) is 0. The number of nitrogens with zero attached hydrogens (tertiary/aromatic N) is 1. The molecule has 9 rings (SSSR count). The van der Waals surface area contributed by atoms with Crippen LogP contribution >= 0.6 is 22.7 Å². The van der Waals surface area contributed by atoms with Crippen molar-refractivity contribution >= 4 is 84.8 Å². The van der Waals surface area contributed by atoms with E-state index in [0.29, 0.717) is 0 Å². The molecule has 0 bridgehead atoms. The van der Waals surface area contributed by atoms with Gasteiger partial charge in [0.05, 0.1) is 15.7 Å². The van der Waals surface area contributed by atoms with Gasteiger partial charge in [0.1, 0.15) is 0 Å². The Balaban J connectivity index is 1.53. The lowest BCUT2D eigenvalue weighted by Crippen LogP contribution is -1.93. The maximum atomic E-state index is 2.47. The first-order valence-corrected chi connectivity index (χ1v) is 14.8. The van der Waals surface area contributed by atoms with Crippen LogP contribution in [-0.4, -0.2) is 4.57 Å². The third-order valence-electron chi connectivity index (χ3n) is 7.99. The fourth-order valence-electron chi connectivity index (χ4n) is 6.35. The molecule has 0 fully saturated rings. The summed E-state index contributed by atoms with van der Waals surface area (Å²) >= 11 is 3.83. The Kier molecular flexibility index (Phi) is 4.43. The zero-order chi connectivity index (χ0) is 25.5. The van der Waals surface area contributed by atoms with E-state index in [9.17, 15) is 0 Å². The highest BCUT2D eigenvalue weighted by Gasteiger charge is 2.22. The molecule has 0 radical (unpaired) electrons. The number of rotatable bonds is 2. The van der Waals surface area contributed by atoms with Crippen molar-refractivity contribution in [2.75, 3.05) is 0 Å². The van der Waals surface area contributed by atoms with Gasteiger partial charge in [-0.1, -0.05) is 91.0 Å². The van der Waals surface area contributed by atoms with Crippen LogP contribution < -0.4 is 0 Å². The minimum absolute atomic E-state index is 1.20. The molecule has 0 N–H and O–H groups in total. The van der Waals surface area contributed by atoms with Crippen LogP contribution in [0.3, 0.4) is 0 Å². The first-order chi connectivity index (χ1) is 19.4. The maximum absolute atomic E-state index is 2.47. The molecule has 3 heterocycles. The fraction of sp³-hybridized carbons (Fsp3) is 0. The van der Waals surface area contributed by atoms with Gasteiger partial charge in [0.15, 0.2) is 0 Å². The molecule has 0 unspecified atom stereocenters. The van der Waals surface area contributed by atoms with Crippen LogP contribution in [0.5, 0.6) is 0 Å². The summed E-state index contributed by atoms with van der Waals surface area (Å²) in [4.78, 5) is 0. The molecular formula is C36H21NS2. The van der Waals surface area contributed by atoms with Gasteiger partial charge in [-0.2, -0.15) is 0 Å². The second-order valence-corrected chi connectivity index (χ2v) is 12.2.